The van der Waals surface area contributed by atoms with Crippen molar-refractivity contribution in [1.82, 2.24) is 9.55 Å². The lowest BCUT2D eigenvalue weighted by Gasteiger charge is -2.07. The van der Waals surface area contributed by atoms with Gasteiger partial charge in [0.2, 0.25) is 0 Å². The number of benzene rings is 2. The molecule has 0 unspecified atom stereocenters. The van der Waals surface area contributed by atoms with Crippen LogP contribution in [0, 0.1) is 11.7 Å². The van der Waals surface area contributed by atoms with E-state index in [9.17, 15) is 0 Å². The second kappa shape index (κ2) is 4.78. The first-order chi connectivity index (χ1) is 9.06. The minimum atomic E-state index is 0.670. The van der Waals surface area contributed by atoms with E-state index in [-0.39, 0.29) is 0 Å². The highest BCUT2D eigenvalue weighted by Gasteiger charge is 2.09. The molecule has 0 aliphatic heterocycles. The maximum atomic E-state index is 5.98. The van der Waals surface area contributed by atoms with Gasteiger partial charge in [-0.05, 0) is 71.0 Å². The van der Waals surface area contributed by atoms with E-state index in [0.29, 0.717) is 9.79 Å². The van der Waals surface area contributed by atoms with Crippen LogP contribution in [0.1, 0.15) is 5.56 Å². The Kier molecular flexibility index (Phi) is 3.25. The van der Waals surface area contributed by atoms with E-state index < -0.39 is 0 Å². The Hall–Kier alpha value is -1.10. The van der Waals surface area contributed by atoms with Gasteiger partial charge in [-0.25, -0.2) is 0 Å². The molecule has 0 aliphatic carbocycles. The van der Waals surface area contributed by atoms with Crippen LogP contribution in [0.25, 0.3) is 16.7 Å². The third-order valence-electron chi connectivity index (χ3n) is 2.99. The van der Waals surface area contributed by atoms with Gasteiger partial charge >= 0.3 is 0 Å². The van der Waals surface area contributed by atoms with Crippen molar-refractivity contribution in [3.63, 3.8) is 0 Å². The quantitative estimate of drug-likeness (QED) is 0.580. The van der Waals surface area contributed by atoms with E-state index in [2.05, 4.69) is 46.0 Å². The Morgan fingerprint density at radius 2 is 2.00 bits per heavy atom. The molecule has 3 rings (SSSR count). The van der Waals surface area contributed by atoms with Gasteiger partial charge in [0.25, 0.3) is 0 Å². The smallest absolute Gasteiger partial charge is 0.182 e. The molecule has 1 N–H and O–H groups in total. The standard InChI is InChI=1S/C14H10BrClN2S/c1-8-2-4-13-11(6-8)17-14(19)18(13)12-5-3-9(16)7-10(12)15/h2-7H,1H3,(H,17,19). The molecule has 1 aromatic heterocycles. The first-order valence-corrected chi connectivity index (χ1v) is 7.31. The molecule has 0 saturated heterocycles. The van der Waals surface area contributed by atoms with E-state index in [1.165, 1.54) is 5.56 Å². The summed E-state index contributed by atoms with van der Waals surface area (Å²) in [5, 5.41) is 0.692. The fraction of sp³-hybridized carbons (Fsp3) is 0.0714. The molecule has 0 fully saturated rings. The predicted octanol–water partition coefficient (Wildman–Crippen LogP) is 5.41. The zero-order valence-corrected chi connectivity index (χ0v) is 13.2. The van der Waals surface area contributed by atoms with Crippen molar-refractivity contribution in [1.29, 1.82) is 0 Å². The van der Waals surface area contributed by atoms with Crippen molar-refractivity contribution >= 4 is 50.8 Å². The highest BCUT2D eigenvalue weighted by atomic mass is 79.9. The van der Waals surface area contributed by atoms with Crippen LogP contribution in [-0.4, -0.2) is 9.55 Å². The first-order valence-electron chi connectivity index (χ1n) is 5.73. The Morgan fingerprint density at radius 1 is 1.21 bits per heavy atom. The summed E-state index contributed by atoms with van der Waals surface area (Å²) < 4.78 is 3.59. The molecular formula is C14H10BrClN2S. The van der Waals surface area contributed by atoms with E-state index >= 15 is 0 Å². The van der Waals surface area contributed by atoms with Crippen LogP contribution in [0.5, 0.6) is 0 Å². The number of nitrogens with zero attached hydrogens (tertiary/aromatic N) is 1. The summed E-state index contributed by atoms with van der Waals surface area (Å²) in [6.45, 7) is 2.06. The second-order valence-electron chi connectivity index (χ2n) is 4.38. The Bertz CT molecular complexity index is 835. The van der Waals surface area contributed by atoms with Gasteiger partial charge in [0.1, 0.15) is 0 Å². The van der Waals surface area contributed by atoms with E-state index in [1.54, 1.807) is 0 Å². The molecule has 0 spiro atoms. The first kappa shape index (κ1) is 12.9. The summed E-state index contributed by atoms with van der Waals surface area (Å²) in [5.41, 5.74) is 4.26. The third-order valence-corrected chi connectivity index (χ3v) is 4.14. The number of imidazole rings is 1. The number of halogens is 2. The van der Waals surface area contributed by atoms with Crippen LogP contribution in [0.4, 0.5) is 0 Å². The summed E-state index contributed by atoms with van der Waals surface area (Å²) in [4.78, 5) is 3.23. The molecular weight excluding hydrogens is 344 g/mol. The molecule has 19 heavy (non-hydrogen) atoms. The van der Waals surface area contributed by atoms with Gasteiger partial charge in [0, 0.05) is 9.50 Å². The molecule has 2 nitrogen and oxygen atoms in total. The number of fused-ring (bicyclic) bond motifs is 1. The van der Waals surface area contributed by atoms with Crippen LogP contribution >= 0.6 is 39.7 Å². The summed E-state index contributed by atoms with van der Waals surface area (Å²) in [7, 11) is 0. The van der Waals surface area contributed by atoms with Crippen molar-refractivity contribution in [3.05, 3.63) is 56.2 Å². The average Bonchev–Trinajstić information content (AvgIpc) is 2.65. The molecule has 0 bridgehead atoms. The molecule has 5 heteroatoms. The number of aryl methyl sites for hydroxylation is 1. The number of rotatable bonds is 1. The summed E-state index contributed by atoms with van der Waals surface area (Å²) >= 11 is 14.9. The summed E-state index contributed by atoms with van der Waals surface area (Å²) in [6.07, 6.45) is 0. The summed E-state index contributed by atoms with van der Waals surface area (Å²) in [5.74, 6) is 0. The number of hydrogen-bond acceptors (Lipinski definition) is 1. The lowest BCUT2D eigenvalue weighted by Crippen LogP contribution is -1.95. The minimum absolute atomic E-state index is 0.670. The molecule has 0 atom stereocenters. The normalized spacial score (nSPS) is 11.1. The lowest BCUT2D eigenvalue weighted by molar-refractivity contribution is 1.06. The van der Waals surface area contributed by atoms with Gasteiger partial charge in [-0.3, -0.25) is 4.57 Å². The van der Waals surface area contributed by atoms with Crippen molar-refractivity contribution in [2.75, 3.05) is 0 Å². The van der Waals surface area contributed by atoms with Gasteiger partial charge in [-0.2, -0.15) is 0 Å². The fourth-order valence-electron chi connectivity index (χ4n) is 2.13. The minimum Gasteiger partial charge on any atom is -0.330 e. The highest BCUT2D eigenvalue weighted by Crippen LogP contribution is 2.28. The van der Waals surface area contributed by atoms with Crippen LogP contribution in [-0.2, 0) is 0 Å². The zero-order valence-electron chi connectivity index (χ0n) is 10.1. The molecule has 2 aromatic carbocycles. The van der Waals surface area contributed by atoms with Crippen molar-refractivity contribution in [2.45, 2.75) is 6.92 Å². The SMILES string of the molecule is Cc1ccc2c(c1)[nH]c(=S)n2-c1ccc(Cl)cc1Br. The molecule has 96 valence electrons. The van der Waals surface area contributed by atoms with Crippen LogP contribution in [0.15, 0.2) is 40.9 Å². The number of aromatic amines is 1. The van der Waals surface area contributed by atoms with Crippen molar-refractivity contribution < 1.29 is 0 Å². The maximum Gasteiger partial charge on any atom is 0.182 e. The van der Waals surface area contributed by atoms with Gasteiger partial charge in [0.05, 0.1) is 16.7 Å². The van der Waals surface area contributed by atoms with Crippen molar-refractivity contribution in [3.8, 4) is 5.69 Å². The zero-order chi connectivity index (χ0) is 13.6. The third kappa shape index (κ3) is 2.24. The molecule has 0 radical (unpaired) electrons. The number of nitrogens with one attached hydrogen (secondary N) is 1. The van der Waals surface area contributed by atoms with Crippen LogP contribution in [0.2, 0.25) is 5.02 Å². The Morgan fingerprint density at radius 3 is 2.74 bits per heavy atom. The number of hydrogen-bond donors (Lipinski definition) is 1. The average molecular weight is 354 g/mol. The number of aromatic nitrogens is 2. The fourth-order valence-corrected chi connectivity index (χ4v) is 3.29. The van der Waals surface area contributed by atoms with Gasteiger partial charge in [-0.15, -0.1) is 0 Å². The molecule has 0 aliphatic rings. The van der Waals surface area contributed by atoms with Crippen LogP contribution < -0.4 is 0 Å². The van der Waals surface area contributed by atoms with Gasteiger partial charge in [0.15, 0.2) is 4.77 Å². The Balaban J connectivity index is 2.36. The summed E-state index contributed by atoms with van der Waals surface area (Å²) in [6, 6.07) is 11.9. The second-order valence-corrected chi connectivity index (χ2v) is 6.06. The lowest BCUT2D eigenvalue weighted by atomic mass is 10.2. The molecule has 0 saturated carbocycles. The predicted molar refractivity (Wildman–Crippen MR) is 85.9 cm³/mol. The topological polar surface area (TPSA) is 20.7 Å². The Labute approximate surface area is 129 Å². The molecule has 1 heterocycles. The maximum absolute atomic E-state index is 5.98. The van der Waals surface area contributed by atoms with Gasteiger partial charge < -0.3 is 4.98 Å². The van der Waals surface area contributed by atoms with Gasteiger partial charge in [-0.1, -0.05) is 17.7 Å². The van der Waals surface area contributed by atoms with Crippen LogP contribution in [0.3, 0.4) is 0 Å². The highest BCUT2D eigenvalue weighted by molar-refractivity contribution is 9.10. The van der Waals surface area contributed by atoms with E-state index in [0.717, 1.165) is 21.2 Å². The van der Waals surface area contributed by atoms with E-state index in [4.69, 9.17) is 23.8 Å². The van der Waals surface area contributed by atoms with Crippen molar-refractivity contribution in [2.24, 2.45) is 0 Å². The largest absolute Gasteiger partial charge is 0.330 e. The monoisotopic (exact) mass is 352 g/mol. The molecule has 0 amide bonds. The molecule has 3 aromatic rings. The number of H-pyrrole nitrogens is 1. The van der Waals surface area contributed by atoms with E-state index in [1.807, 2.05) is 22.8 Å².